The van der Waals surface area contributed by atoms with Gasteiger partial charge in [0.2, 0.25) is 5.82 Å². The van der Waals surface area contributed by atoms with Gasteiger partial charge in [-0.3, -0.25) is 14.9 Å². The number of aliphatic carboxylic acids is 1. The van der Waals surface area contributed by atoms with Crippen LogP contribution in [0.2, 0.25) is 0 Å². The van der Waals surface area contributed by atoms with E-state index in [1.54, 1.807) is 11.6 Å². The molecule has 0 aliphatic heterocycles. The Kier molecular flexibility index (Phi) is 4.93. The van der Waals surface area contributed by atoms with Crippen LogP contribution in [-0.4, -0.2) is 31.3 Å². The zero-order valence-electron chi connectivity index (χ0n) is 13.0. The lowest BCUT2D eigenvalue weighted by molar-refractivity contribution is -0.384. The van der Waals surface area contributed by atoms with Crippen LogP contribution in [0.25, 0.3) is 0 Å². The van der Waals surface area contributed by atoms with E-state index in [-0.39, 0.29) is 18.2 Å². The number of carbonyl (C=O) groups is 1. The Labute approximate surface area is 123 Å². The molecule has 0 bridgehead atoms. The number of carboxylic acids is 1. The van der Waals surface area contributed by atoms with Crippen molar-refractivity contribution in [3.05, 3.63) is 15.8 Å². The molecule has 2 N–H and O–H groups in total. The summed E-state index contributed by atoms with van der Waals surface area (Å²) in [6, 6.07) is -0.0461. The molecule has 8 heteroatoms. The maximum Gasteiger partial charge on any atom is 0.333 e. The van der Waals surface area contributed by atoms with Crippen molar-refractivity contribution in [1.29, 1.82) is 0 Å². The molecule has 0 unspecified atom stereocenters. The summed E-state index contributed by atoms with van der Waals surface area (Å²) in [4.78, 5) is 21.5. The molecule has 0 saturated heterocycles. The summed E-state index contributed by atoms with van der Waals surface area (Å²) in [5, 5.41) is 27.3. The fraction of sp³-hybridized carbons (Fsp3) is 0.692. The molecule has 0 radical (unpaired) electrons. The summed E-state index contributed by atoms with van der Waals surface area (Å²) in [7, 11) is 0. The second-order valence-corrected chi connectivity index (χ2v) is 5.98. The van der Waals surface area contributed by atoms with Gasteiger partial charge in [-0.15, -0.1) is 0 Å². The van der Waals surface area contributed by atoms with E-state index >= 15 is 0 Å². The van der Waals surface area contributed by atoms with Crippen molar-refractivity contribution < 1.29 is 14.8 Å². The van der Waals surface area contributed by atoms with Crippen molar-refractivity contribution in [3.8, 4) is 0 Å². The largest absolute Gasteiger partial charge is 0.481 e. The second kappa shape index (κ2) is 6.11. The summed E-state index contributed by atoms with van der Waals surface area (Å²) in [5.74, 6) is -0.573. The minimum absolute atomic E-state index is 0.0113. The van der Waals surface area contributed by atoms with E-state index in [2.05, 4.69) is 10.4 Å². The van der Waals surface area contributed by atoms with Gasteiger partial charge in [-0.25, -0.2) is 4.68 Å². The minimum Gasteiger partial charge on any atom is -0.481 e. The molecule has 0 fully saturated rings. The highest BCUT2D eigenvalue weighted by atomic mass is 16.6. The van der Waals surface area contributed by atoms with Crippen LogP contribution < -0.4 is 5.32 Å². The molecular formula is C13H22N4O4. The predicted molar refractivity (Wildman–Crippen MR) is 78.6 cm³/mol. The zero-order valence-corrected chi connectivity index (χ0v) is 13.0. The van der Waals surface area contributed by atoms with E-state index in [0.717, 1.165) is 0 Å². The molecule has 118 valence electrons. The maximum atomic E-state index is 11.2. The first-order valence-corrected chi connectivity index (χ1v) is 6.78. The first-order chi connectivity index (χ1) is 9.55. The van der Waals surface area contributed by atoms with E-state index in [0.29, 0.717) is 17.9 Å². The number of anilines is 1. The molecule has 0 atom stereocenters. The molecule has 0 aliphatic carbocycles. The molecule has 1 aromatic heterocycles. The molecule has 21 heavy (non-hydrogen) atoms. The van der Waals surface area contributed by atoms with Gasteiger partial charge in [-0.1, -0.05) is 0 Å². The molecule has 1 aromatic rings. The van der Waals surface area contributed by atoms with Crippen LogP contribution >= 0.6 is 0 Å². The number of nitrogens with one attached hydrogen (secondary N) is 1. The van der Waals surface area contributed by atoms with Crippen LogP contribution in [-0.2, 0) is 4.79 Å². The third-order valence-corrected chi connectivity index (χ3v) is 3.15. The zero-order chi connectivity index (χ0) is 16.4. The third kappa shape index (κ3) is 4.17. The van der Waals surface area contributed by atoms with Crippen molar-refractivity contribution in [3.63, 3.8) is 0 Å². The summed E-state index contributed by atoms with van der Waals surface area (Å²) < 4.78 is 1.57. The lowest BCUT2D eigenvalue weighted by Crippen LogP contribution is -2.33. The van der Waals surface area contributed by atoms with Gasteiger partial charge in [0.25, 0.3) is 0 Å². The number of nitrogens with zero attached hydrogens (tertiary/aromatic N) is 3. The molecule has 8 nitrogen and oxygen atoms in total. The summed E-state index contributed by atoms with van der Waals surface area (Å²) in [5.41, 5.74) is -0.320. The quantitative estimate of drug-likeness (QED) is 0.591. The number of nitro groups is 1. The van der Waals surface area contributed by atoms with Crippen molar-refractivity contribution in [2.75, 3.05) is 5.32 Å². The topological polar surface area (TPSA) is 110 Å². The lowest BCUT2D eigenvalue weighted by Gasteiger charge is -2.27. The Bertz CT molecular complexity index is 549. The van der Waals surface area contributed by atoms with E-state index in [9.17, 15) is 14.9 Å². The molecule has 0 saturated carbocycles. The maximum absolute atomic E-state index is 11.2. The van der Waals surface area contributed by atoms with Crippen LogP contribution in [0.3, 0.4) is 0 Å². The Morgan fingerprint density at radius 3 is 2.52 bits per heavy atom. The summed E-state index contributed by atoms with van der Waals surface area (Å²) >= 11 is 0. The lowest BCUT2D eigenvalue weighted by atomic mass is 9.98. The van der Waals surface area contributed by atoms with E-state index < -0.39 is 16.4 Å². The Morgan fingerprint density at radius 2 is 2.10 bits per heavy atom. The highest BCUT2D eigenvalue weighted by Crippen LogP contribution is 2.33. The Morgan fingerprint density at radius 1 is 1.52 bits per heavy atom. The number of aromatic nitrogens is 2. The highest BCUT2D eigenvalue weighted by molar-refractivity contribution is 5.67. The monoisotopic (exact) mass is 298 g/mol. The molecule has 0 aromatic carbocycles. The van der Waals surface area contributed by atoms with Gasteiger partial charge < -0.3 is 10.4 Å². The van der Waals surface area contributed by atoms with Crippen LogP contribution in [0, 0.1) is 17.0 Å². The summed E-state index contributed by atoms with van der Waals surface area (Å²) in [6.45, 7) is 8.98. The molecule has 0 aliphatic rings. The first kappa shape index (κ1) is 16.9. The van der Waals surface area contributed by atoms with Crippen LogP contribution in [0.1, 0.15) is 52.3 Å². The third-order valence-electron chi connectivity index (χ3n) is 3.15. The number of rotatable bonds is 7. The van der Waals surface area contributed by atoms with Crippen LogP contribution in [0.5, 0.6) is 0 Å². The average Bonchev–Trinajstić information content (AvgIpc) is 2.63. The summed E-state index contributed by atoms with van der Waals surface area (Å²) in [6.07, 6.45) is 0.338. The Balaban J connectivity index is 3.16. The minimum atomic E-state index is -0.895. The average molecular weight is 298 g/mol. The van der Waals surface area contributed by atoms with Crippen molar-refractivity contribution in [1.82, 2.24) is 9.78 Å². The Hall–Kier alpha value is -2.12. The van der Waals surface area contributed by atoms with Gasteiger partial charge in [-0.2, -0.15) is 5.10 Å². The standard InChI is InChI=1S/C13H22N4O4/c1-8(2)16-12(11(17(20)21)9(3)15-16)14-13(4,5)7-6-10(18)19/h8,14H,6-7H2,1-5H3,(H,18,19). The van der Waals surface area contributed by atoms with E-state index in [4.69, 9.17) is 5.11 Å². The van der Waals surface area contributed by atoms with Crippen LogP contribution in [0.4, 0.5) is 11.5 Å². The normalized spacial score (nSPS) is 11.7. The van der Waals surface area contributed by atoms with Crippen LogP contribution in [0.15, 0.2) is 0 Å². The number of hydrogen-bond donors (Lipinski definition) is 2. The fourth-order valence-electron chi connectivity index (χ4n) is 2.05. The van der Waals surface area contributed by atoms with Gasteiger partial charge in [0.15, 0.2) is 0 Å². The fourth-order valence-corrected chi connectivity index (χ4v) is 2.05. The molecule has 0 amide bonds. The first-order valence-electron chi connectivity index (χ1n) is 6.78. The van der Waals surface area contributed by atoms with Gasteiger partial charge in [0, 0.05) is 18.0 Å². The van der Waals surface area contributed by atoms with Gasteiger partial charge in [0.05, 0.1) is 4.92 Å². The number of carboxylic acid groups (broad SMARTS) is 1. The smallest absolute Gasteiger partial charge is 0.333 e. The predicted octanol–water partition coefficient (Wildman–Crippen LogP) is 2.74. The van der Waals surface area contributed by atoms with Gasteiger partial charge in [0.1, 0.15) is 5.69 Å². The van der Waals surface area contributed by atoms with Gasteiger partial charge >= 0.3 is 11.7 Å². The van der Waals surface area contributed by atoms with Crippen molar-refractivity contribution in [2.24, 2.45) is 0 Å². The highest BCUT2D eigenvalue weighted by Gasteiger charge is 2.30. The van der Waals surface area contributed by atoms with Crippen molar-refractivity contribution in [2.45, 2.75) is 59.0 Å². The molecular weight excluding hydrogens is 276 g/mol. The number of aryl methyl sites for hydroxylation is 1. The SMILES string of the molecule is Cc1nn(C(C)C)c(NC(C)(C)CCC(=O)O)c1[N+](=O)[O-]. The number of hydrogen-bond acceptors (Lipinski definition) is 5. The van der Waals surface area contributed by atoms with E-state index in [1.807, 2.05) is 27.7 Å². The molecule has 1 rings (SSSR count). The van der Waals surface area contributed by atoms with Gasteiger partial charge in [-0.05, 0) is 41.0 Å². The van der Waals surface area contributed by atoms with E-state index in [1.165, 1.54) is 0 Å². The second-order valence-electron chi connectivity index (χ2n) is 5.98. The molecule has 1 heterocycles. The molecule has 0 spiro atoms. The van der Waals surface area contributed by atoms with Crippen molar-refractivity contribution >= 4 is 17.5 Å².